The molecule has 2 heterocycles. The van der Waals surface area contributed by atoms with Gasteiger partial charge in [-0.3, -0.25) is 19.2 Å². The number of nitrogens with zero attached hydrogens (tertiary/aromatic N) is 2. The van der Waals surface area contributed by atoms with E-state index in [0.29, 0.717) is 25.8 Å². The number of amides is 5. The molecule has 5 amide bonds. The molecule has 0 radical (unpaired) electrons. The van der Waals surface area contributed by atoms with Crippen molar-refractivity contribution in [1.82, 2.24) is 30.5 Å². The number of hydrogen-bond donors (Lipinski definition) is 4. The molecule has 3 fully saturated rings. The summed E-state index contributed by atoms with van der Waals surface area (Å²) >= 11 is 0. The Morgan fingerprint density at radius 2 is 1.56 bits per heavy atom. The number of Topliss-reactive ketones (excluding diaryl/α,β-unsaturated/α-hetero) is 1. The van der Waals surface area contributed by atoms with E-state index in [9.17, 15) is 32.4 Å². The highest BCUT2D eigenvalue weighted by Crippen LogP contribution is 2.36. The molecule has 0 aromatic carbocycles. The van der Waals surface area contributed by atoms with E-state index in [1.807, 2.05) is 55.4 Å². The number of carbonyl (C=O) groups is 5. The molecule has 2 aliphatic heterocycles. The molecule has 0 aromatic heterocycles. The van der Waals surface area contributed by atoms with Crippen LogP contribution < -0.4 is 21.3 Å². The molecule has 48 heavy (non-hydrogen) atoms. The maximum absolute atomic E-state index is 14.4. The van der Waals surface area contributed by atoms with Gasteiger partial charge in [0.05, 0.1) is 11.8 Å². The lowest BCUT2D eigenvalue weighted by atomic mass is 9.84. The number of urea groups is 1. The second kappa shape index (κ2) is 15.7. The van der Waals surface area contributed by atoms with E-state index >= 15 is 0 Å². The van der Waals surface area contributed by atoms with E-state index in [4.69, 9.17) is 0 Å². The summed E-state index contributed by atoms with van der Waals surface area (Å²) in [5.41, 5.74) is -1.25. The lowest BCUT2D eigenvalue weighted by Gasteiger charge is -2.38. The Morgan fingerprint density at radius 1 is 0.917 bits per heavy atom. The Hall–Kier alpha value is -3.00. The molecule has 14 heteroatoms. The number of likely N-dealkylation sites (tertiary alicyclic amines) is 1. The number of ketones is 1. The van der Waals surface area contributed by atoms with E-state index in [2.05, 4.69) is 27.8 Å². The van der Waals surface area contributed by atoms with Crippen molar-refractivity contribution in [1.29, 1.82) is 0 Å². The van der Waals surface area contributed by atoms with E-state index in [1.54, 1.807) is 0 Å². The van der Waals surface area contributed by atoms with Crippen molar-refractivity contribution in [3.8, 4) is 0 Å². The van der Waals surface area contributed by atoms with Crippen LogP contribution in [0.25, 0.3) is 0 Å². The smallest absolute Gasteiger partial charge is 0.315 e. The summed E-state index contributed by atoms with van der Waals surface area (Å²) in [5.74, 6) is -2.29. The standard InChI is InChI=1S/C34H58N6O7S/c1-10-15-35-30(43)27(41)24(19-22-12-13-22)36-29(42)26-23(21(2)3)14-17-40(26)31(44)28(34(7,8)9)38-32(45)37-25(33(4,5)6)20-39-16-11-18-48(39,46)47/h10,21-26,28H,1,11-20H2,2-9H3,(H,35,43)(H,36,42)(H2,37,38,45)/t23-,24?,25-,26+,28-/m1/s1. The van der Waals surface area contributed by atoms with Crippen LogP contribution >= 0.6 is 0 Å². The SMILES string of the molecule is C=CCNC(=O)C(=O)C(CC1CC1)NC(=O)[C@@H]1[C@@H](C(C)C)CCN1C(=O)[C@@H](NC(=O)N[C@H](CN1CCCS1(=O)=O)C(C)(C)C)C(C)(C)C. The van der Waals surface area contributed by atoms with Crippen molar-refractivity contribution < 1.29 is 32.4 Å². The molecular formula is C34H58N6O7S. The lowest BCUT2D eigenvalue weighted by molar-refractivity contribution is -0.144. The Morgan fingerprint density at radius 3 is 2.06 bits per heavy atom. The van der Waals surface area contributed by atoms with Crippen LogP contribution in [0, 0.1) is 28.6 Å². The fourth-order valence-electron chi connectivity index (χ4n) is 6.46. The van der Waals surface area contributed by atoms with Gasteiger partial charge >= 0.3 is 6.03 Å². The van der Waals surface area contributed by atoms with Crippen LogP contribution in [0.2, 0.25) is 0 Å². The quantitative estimate of drug-likeness (QED) is 0.159. The first-order chi connectivity index (χ1) is 22.2. The fraction of sp³-hybridized carbons (Fsp3) is 0.794. The van der Waals surface area contributed by atoms with Gasteiger partial charge in [0.2, 0.25) is 27.6 Å². The molecule has 0 bridgehead atoms. The molecule has 13 nitrogen and oxygen atoms in total. The third-order valence-corrected chi connectivity index (χ3v) is 11.6. The number of carbonyl (C=O) groups excluding carboxylic acids is 5. The summed E-state index contributed by atoms with van der Waals surface area (Å²) in [7, 11) is -3.39. The van der Waals surface area contributed by atoms with E-state index in [0.717, 1.165) is 12.8 Å². The highest BCUT2D eigenvalue weighted by atomic mass is 32.2. The maximum atomic E-state index is 14.4. The van der Waals surface area contributed by atoms with Crippen molar-refractivity contribution in [3.05, 3.63) is 12.7 Å². The molecule has 4 N–H and O–H groups in total. The fourth-order valence-corrected chi connectivity index (χ4v) is 8.00. The summed E-state index contributed by atoms with van der Waals surface area (Å²) in [6, 6.07) is -4.09. The first kappa shape index (κ1) is 39.4. The summed E-state index contributed by atoms with van der Waals surface area (Å²) in [5, 5.41) is 11.1. The monoisotopic (exact) mass is 694 g/mol. The van der Waals surface area contributed by atoms with Crippen LogP contribution in [0.4, 0.5) is 4.79 Å². The van der Waals surface area contributed by atoms with Gasteiger partial charge in [0.1, 0.15) is 12.1 Å². The van der Waals surface area contributed by atoms with Crippen molar-refractivity contribution >= 4 is 39.6 Å². The van der Waals surface area contributed by atoms with Crippen molar-refractivity contribution in [2.75, 3.05) is 31.9 Å². The van der Waals surface area contributed by atoms with Crippen LogP contribution in [0.15, 0.2) is 12.7 Å². The zero-order chi connectivity index (χ0) is 36.2. The van der Waals surface area contributed by atoms with Gasteiger partial charge in [-0.2, -0.15) is 4.31 Å². The topological polar surface area (TPSA) is 174 Å². The van der Waals surface area contributed by atoms with Gasteiger partial charge < -0.3 is 26.2 Å². The predicted octanol–water partition coefficient (Wildman–Crippen LogP) is 2.18. The highest BCUT2D eigenvalue weighted by Gasteiger charge is 2.48. The number of rotatable bonds is 14. The Balaban J connectivity index is 1.82. The average molecular weight is 695 g/mol. The minimum absolute atomic E-state index is 0.0331. The van der Waals surface area contributed by atoms with E-state index in [1.165, 1.54) is 15.3 Å². The average Bonchev–Trinajstić information content (AvgIpc) is 3.56. The maximum Gasteiger partial charge on any atom is 0.315 e. The summed E-state index contributed by atoms with van der Waals surface area (Å²) in [6.45, 7) is 19.6. The summed E-state index contributed by atoms with van der Waals surface area (Å²) in [4.78, 5) is 69.1. The molecule has 272 valence electrons. The second-order valence-electron chi connectivity index (χ2n) is 16.1. The molecule has 1 unspecified atom stereocenters. The Labute approximate surface area is 286 Å². The number of sulfonamides is 1. The van der Waals surface area contributed by atoms with Crippen molar-refractivity contribution in [3.63, 3.8) is 0 Å². The van der Waals surface area contributed by atoms with Crippen LogP contribution in [0.1, 0.15) is 87.5 Å². The molecule has 1 saturated carbocycles. The minimum atomic E-state index is -3.39. The molecule has 5 atom stereocenters. The van der Waals surface area contributed by atoms with Crippen molar-refractivity contribution in [2.24, 2.45) is 28.6 Å². The number of nitrogens with one attached hydrogen (secondary N) is 4. The lowest BCUT2D eigenvalue weighted by Crippen LogP contribution is -2.62. The molecular weight excluding hydrogens is 636 g/mol. The summed E-state index contributed by atoms with van der Waals surface area (Å²) < 4.78 is 26.4. The minimum Gasteiger partial charge on any atom is -0.346 e. The molecule has 3 aliphatic rings. The van der Waals surface area contributed by atoms with Gasteiger partial charge in [-0.15, -0.1) is 6.58 Å². The zero-order valence-corrected chi connectivity index (χ0v) is 30.9. The van der Waals surface area contributed by atoms with Gasteiger partial charge in [-0.25, -0.2) is 13.2 Å². The van der Waals surface area contributed by atoms with E-state index < -0.39 is 74.6 Å². The van der Waals surface area contributed by atoms with Gasteiger partial charge in [0.15, 0.2) is 0 Å². The first-order valence-electron chi connectivity index (χ1n) is 17.3. The zero-order valence-electron chi connectivity index (χ0n) is 30.1. The van der Waals surface area contributed by atoms with Crippen molar-refractivity contribution in [2.45, 2.75) is 112 Å². The number of hydrogen-bond acceptors (Lipinski definition) is 7. The predicted molar refractivity (Wildman–Crippen MR) is 184 cm³/mol. The Kier molecular flexibility index (Phi) is 12.9. The first-order valence-corrected chi connectivity index (χ1v) is 18.9. The van der Waals surface area contributed by atoms with Gasteiger partial charge in [0, 0.05) is 32.2 Å². The van der Waals surface area contributed by atoms with E-state index in [-0.39, 0.29) is 43.1 Å². The molecule has 1 aliphatic carbocycles. The second-order valence-corrected chi connectivity index (χ2v) is 18.2. The summed E-state index contributed by atoms with van der Waals surface area (Å²) in [6.07, 6.45) is 4.74. The van der Waals surface area contributed by atoms with Crippen LogP contribution in [-0.4, -0.2) is 103 Å². The third-order valence-electron chi connectivity index (χ3n) is 9.71. The van der Waals surface area contributed by atoms with Gasteiger partial charge in [-0.05, 0) is 47.8 Å². The van der Waals surface area contributed by atoms with Crippen LogP contribution in [0.3, 0.4) is 0 Å². The Bertz CT molecular complexity index is 1330. The van der Waals surface area contributed by atoms with Crippen LogP contribution in [0.5, 0.6) is 0 Å². The largest absolute Gasteiger partial charge is 0.346 e. The molecule has 0 spiro atoms. The molecule has 0 aromatic rings. The normalized spacial score (nSPS) is 23.2. The van der Waals surface area contributed by atoms with Gasteiger partial charge in [-0.1, -0.05) is 74.3 Å². The third kappa shape index (κ3) is 10.3. The molecule has 3 rings (SSSR count). The van der Waals surface area contributed by atoms with Crippen LogP contribution in [-0.2, 0) is 29.2 Å². The molecule has 2 saturated heterocycles. The van der Waals surface area contributed by atoms with Gasteiger partial charge in [0.25, 0.3) is 5.91 Å². The highest BCUT2D eigenvalue weighted by molar-refractivity contribution is 7.89.